The van der Waals surface area contributed by atoms with Gasteiger partial charge in [-0.1, -0.05) is 48.9 Å². The molecule has 172 valence electrons. The number of carbonyl (C=O) groups excluding carboxylic acids is 4. The lowest BCUT2D eigenvalue weighted by atomic mass is 9.85. The van der Waals surface area contributed by atoms with Crippen molar-refractivity contribution in [3.63, 3.8) is 0 Å². The number of carbonyl (C=O) groups is 4. The molecule has 3 rings (SSSR count). The summed E-state index contributed by atoms with van der Waals surface area (Å²) in [5.41, 5.74) is 0.725. The smallest absolute Gasteiger partial charge is 0.242 e. The lowest BCUT2D eigenvalue weighted by Crippen LogP contribution is -2.48. The van der Waals surface area contributed by atoms with Crippen molar-refractivity contribution in [2.75, 3.05) is 13.1 Å². The average Bonchev–Trinajstić information content (AvgIpc) is 3.04. The number of hydrogen-bond donors (Lipinski definition) is 1. The van der Waals surface area contributed by atoms with E-state index in [4.69, 9.17) is 11.6 Å². The van der Waals surface area contributed by atoms with Gasteiger partial charge in [-0.3, -0.25) is 24.1 Å². The first-order chi connectivity index (χ1) is 15.3. The zero-order valence-corrected chi connectivity index (χ0v) is 19.3. The predicted octanol–water partition coefficient (Wildman–Crippen LogP) is 2.92. The Morgan fingerprint density at radius 1 is 1.16 bits per heavy atom. The second-order valence-electron chi connectivity index (χ2n) is 8.31. The molecule has 0 saturated carbocycles. The SMILES string of the molecule is CCCNC(=O)[C@H](C)N(Cc1ccccc1Cl)C(=O)CCN1C(=O)[C@H]2CC=CC[C@H]2C1=O. The molecule has 3 atom stereocenters. The van der Waals surface area contributed by atoms with E-state index in [-0.39, 0.29) is 55.0 Å². The molecule has 1 aromatic carbocycles. The van der Waals surface area contributed by atoms with Crippen LogP contribution in [0.4, 0.5) is 0 Å². The van der Waals surface area contributed by atoms with Gasteiger partial charge in [0.1, 0.15) is 6.04 Å². The van der Waals surface area contributed by atoms with E-state index in [9.17, 15) is 19.2 Å². The van der Waals surface area contributed by atoms with Crippen molar-refractivity contribution < 1.29 is 19.2 Å². The van der Waals surface area contributed by atoms with Gasteiger partial charge < -0.3 is 10.2 Å². The maximum atomic E-state index is 13.2. The first-order valence-electron chi connectivity index (χ1n) is 11.2. The minimum Gasteiger partial charge on any atom is -0.354 e. The monoisotopic (exact) mass is 459 g/mol. The molecule has 1 aliphatic carbocycles. The molecule has 32 heavy (non-hydrogen) atoms. The summed E-state index contributed by atoms with van der Waals surface area (Å²) in [4.78, 5) is 53.9. The van der Waals surface area contributed by atoms with Crippen LogP contribution in [-0.2, 0) is 25.7 Å². The van der Waals surface area contributed by atoms with Gasteiger partial charge in [0.15, 0.2) is 0 Å². The first-order valence-corrected chi connectivity index (χ1v) is 11.5. The summed E-state index contributed by atoms with van der Waals surface area (Å²) >= 11 is 6.29. The number of halogens is 1. The third kappa shape index (κ3) is 5.21. The summed E-state index contributed by atoms with van der Waals surface area (Å²) in [6.07, 6.45) is 5.74. The number of imide groups is 1. The standard InChI is InChI=1S/C24H30ClN3O4/c1-3-13-26-22(30)16(2)28(15-17-8-4-7-11-20(17)25)21(29)12-14-27-23(31)18-9-5-6-10-19(18)24(27)32/h4-8,11,16,18-19H,3,9-10,12-15H2,1-2H3,(H,26,30)/t16-,18-,19+/m0/s1. The molecule has 2 aliphatic rings. The second-order valence-corrected chi connectivity index (χ2v) is 8.72. The van der Waals surface area contributed by atoms with Crippen molar-refractivity contribution >= 4 is 35.2 Å². The van der Waals surface area contributed by atoms with Crippen molar-refractivity contribution in [1.82, 2.24) is 15.1 Å². The Hall–Kier alpha value is -2.67. The van der Waals surface area contributed by atoms with E-state index in [1.54, 1.807) is 19.1 Å². The Morgan fingerprint density at radius 2 is 1.78 bits per heavy atom. The quantitative estimate of drug-likeness (QED) is 0.454. The van der Waals surface area contributed by atoms with Gasteiger partial charge in [0.2, 0.25) is 23.6 Å². The molecule has 0 unspecified atom stereocenters. The van der Waals surface area contributed by atoms with Gasteiger partial charge in [-0.15, -0.1) is 0 Å². The van der Waals surface area contributed by atoms with E-state index in [1.807, 2.05) is 31.2 Å². The van der Waals surface area contributed by atoms with Crippen LogP contribution in [-0.4, -0.2) is 52.6 Å². The molecule has 1 N–H and O–H groups in total. The van der Waals surface area contributed by atoms with Crippen molar-refractivity contribution in [1.29, 1.82) is 0 Å². The largest absolute Gasteiger partial charge is 0.354 e. The highest BCUT2D eigenvalue weighted by Crippen LogP contribution is 2.35. The number of benzene rings is 1. The van der Waals surface area contributed by atoms with Gasteiger partial charge in [0.25, 0.3) is 0 Å². The second kappa shape index (κ2) is 10.8. The third-order valence-corrected chi connectivity index (χ3v) is 6.53. The van der Waals surface area contributed by atoms with Crippen molar-refractivity contribution in [2.45, 2.75) is 52.1 Å². The molecular weight excluding hydrogens is 430 g/mol. The average molecular weight is 460 g/mol. The van der Waals surface area contributed by atoms with Crippen LogP contribution in [0.5, 0.6) is 0 Å². The molecule has 1 saturated heterocycles. The fraction of sp³-hybridized carbons (Fsp3) is 0.500. The van der Waals surface area contributed by atoms with Crippen LogP contribution in [0, 0.1) is 11.8 Å². The lowest BCUT2D eigenvalue weighted by Gasteiger charge is -2.29. The van der Waals surface area contributed by atoms with E-state index in [2.05, 4.69) is 5.32 Å². The van der Waals surface area contributed by atoms with Crippen LogP contribution in [0.3, 0.4) is 0 Å². The molecule has 7 nitrogen and oxygen atoms in total. The third-order valence-electron chi connectivity index (χ3n) is 6.16. The highest BCUT2D eigenvalue weighted by Gasteiger charge is 2.47. The summed E-state index contributed by atoms with van der Waals surface area (Å²) < 4.78 is 0. The number of amides is 4. The summed E-state index contributed by atoms with van der Waals surface area (Å²) in [5, 5.41) is 3.33. The molecule has 0 aromatic heterocycles. The van der Waals surface area contributed by atoms with Crippen LogP contribution >= 0.6 is 11.6 Å². The summed E-state index contributed by atoms with van der Waals surface area (Å²) in [5.74, 6) is -1.61. The summed E-state index contributed by atoms with van der Waals surface area (Å²) in [7, 11) is 0. The van der Waals surface area contributed by atoms with Gasteiger partial charge >= 0.3 is 0 Å². The zero-order valence-electron chi connectivity index (χ0n) is 18.6. The van der Waals surface area contributed by atoms with E-state index in [1.165, 1.54) is 9.80 Å². The van der Waals surface area contributed by atoms with Gasteiger partial charge in [-0.05, 0) is 37.8 Å². The number of hydrogen-bond acceptors (Lipinski definition) is 4. The molecule has 1 aromatic rings. The minimum absolute atomic E-state index is 0.0197. The molecular formula is C24H30ClN3O4. The van der Waals surface area contributed by atoms with Gasteiger partial charge in [0.05, 0.1) is 11.8 Å². The van der Waals surface area contributed by atoms with Crippen LogP contribution in [0.2, 0.25) is 5.02 Å². The van der Waals surface area contributed by atoms with Crippen molar-refractivity contribution in [2.24, 2.45) is 11.8 Å². The molecule has 1 heterocycles. The highest BCUT2D eigenvalue weighted by molar-refractivity contribution is 6.31. The number of allylic oxidation sites excluding steroid dienone is 2. The van der Waals surface area contributed by atoms with Crippen LogP contribution in [0.25, 0.3) is 0 Å². The Kier molecular flexibility index (Phi) is 8.07. The minimum atomic E-state index is -0.720. The van der Waals surface area contributed by atoms with Crippen molar-refractivity contribution in [3.05, 3.63) is 47.0 Å². The Labute approximate surface area is 193 Å². The number of nitrogens with zero attached hydrogens (tertiary/aromatic N) is 2. The first kappa shape index (κ1) is 24.0. The van der Waals surface area contributed by atoms with Crippen LogP contribution in [0.1, 0.15) is 45.1 Å². The molecule has 0 spiro atoms. The topological polar surface area (TPSA) is 86.8 Å². The molecule has 0 radical (unpaired) electrons. The fourth-order valence-corrected chi connectivity index (χ4v) is 4.42. The van der Waals surface area contributed by atoms with Gasteiger partial charge in [-0.2, -0.15) is 0 Å². The van der Waals surface area contributed by atoms with Gasteiger partial charge in [0, 0.05) is 31.1 Å². The number of nitrogens with one attached hydrogen (secondary N) is 1. The van der Waals surface area contributed by atoms with Crippen LogP contribution < -0.4 is 5.32 Å². The normalized spacial score (nSPS) is 20.8. The molecule has 4 amide bonds. The number of likely N-dealkylation sites (tertiary alicyclic amines) is 1. The molecule has 1 fully saturated rings. The van der Waals surface area contributed by atoms with E-state index >= 15 is 0 Å². The summed E-state index contributed by atoms with van der Waals surface area (Å²) in [6.45, 7) is 4.33. The lowest BCUT2D eigenvalue weighted by molar-refractivity contribution is -0.143. The zero-order chi connectivity index (χ0) is 23.3. The van der Waals surface area contributed by atoms with E-state index in [0.29, 0.717) is 24.4 Å². The predicted molar refractivity (Wildman–Crippen MR) is 121 cm³/mol. The van der Waals surface area contributed by atoms with Crippen LogP contribution in [0.15, 0.2) is 36.4 Å². The number of rotatable bonds is 9. The molecule has 1 aliphatic heterocycles. The van der Waals surface area contributed by atoms with E-state index < -0.39 is 6.04 Å². The Balaban J connectivity index is 1.71. The Bertz CT molecular complexity index is 890. The van der Waals surface area contributed by atoms with Crippen molar-refractivity contribution in [3.8, 4) is 0 Å². The Morgan fingerprint density at radius 3 is 2.38 bits per heavy atom. The molecule has 8 heteroatoms. The maximum absolute atomic E-state index is 13.2. The van der Waals surface area contributed by atoms with Gasteiger partial charge in [-0.25, -0.2) is 0 Å². The molecule has 0 bridgehead atoms. The number of fused-ring (bicyclic) bond motifs is 1. The van der Waals surface area contributed by atoms with E-state index in [0.717, 1.165) is 12.0 Å². The maximum Gasteiger partial charge on any atom is 0.242 e. The fourth-order valence-electron chi connectivity index (χ4n) is 4.23. The highest BCUT2D eigenvalue weighted by atomic mass is 35.5. The summed E-state index contributed by atoms with van der Waals surface area (Å²) in [6, 6.07) is 6.45.